The Hall–Kier alpha value is -1.43. The molecule has 2 aliphatic heterocycles. The van der Waals surface area contributed by atoms with Crippen LogP contribution in [0.5, 0.6) is 0 Å². The highest BCUT2D eigenvalue weighted by molar-refractivity contribution is 5.76. The number of rotatable bonds is 5. The molecule has 1 amide bonds. The summed E-state index contributed by atoms with van der Waals surface area (Å²) in [6.45, 7) is 4.22. The van der Waals surface area contributed by atoms with Crippen molar-refractivity contribution in [2.24, 2.45) is 0 Å². The second-order valence-electron chi connectivity index (χ2n) is 7.91. The second kappa shape index (κ2) is 7.85. The summed E-state index contributed by atoms with van der Waals surface area (Å²) in [6, 6.07) is 0.556. The van der Waals surface area contributed by atoms with Crippen LogP contribution in [0, 0.1) is 0 Å². The average Bonchev–Trinajstić information content (AvgIpc) is 3.44. The van der Waals surface area contributed by atoms with E-state index in [0.717, 1.165) is 25.3 Å². The summed E-state index contributed by atoms with van der Waals surface area (Å²) in [5.41, 5.74) is 0. The zero-order valence-corrected chi connectivity index (χ0v) is 15.2. The molecule has 6 heteroatoms. The molecule has 2 saturated heterocycles. The van der Waals surface area contributed by atoms with Gasteiger partial charge in [-0.1, -0.05) is 18.0 Å². The average molecular weight is 346 g/mol. The van der Waals surface area contributed by atoms with Gasteiger partial charge in [-0.25, -0.2) is 0 Å². The minimum absolute atomic E-state index is 0.241. The molecule has 25 heavy (non-hydrogen) atoms. The molecule has 3 heterocycles. The van der Waals surface area contributed by atoms with E-state index >= 15 is 0 Å². The van der Waals surface area contributed by atoms with Gasteiger partial charge in [0.1, 0.15) is 0 Å². The quantitative estimate of drug-likeness (QED) is 0.820. The van der Waals surface area contributed by atoms with Gasteiger partial charge in [0.2, 0.25) is 11.8 Å². The van der Waals surface area contributed by atoms with Crippen LogP contribution in [0.2, 0.25) is 0 Å². The first-order chi connectivity index (χ1) is 12.3. The maximum absolute atomic E-state index is 12.6. The van der Waals surface area contributed by atoms with Crippen molar-refractivity contribution >= 4 is 5.91 Å². The Labute approximate surface area is 149 Å². The predicted octanol–water partition coefficient (Wildman–Crippen LogP) is 2.75. The van der Waals surface area contributed by atoms with Crippen LogP contribution < -0.4 is 0 Å². The van der Waals surface area contributed by atoms with E-state index in [1.165, 1.54) is 58.0 Å². The molecule has 6 nitrogen and oxygen atoms in total. The Bertz CT molecular complexity index is 576. The lowest BCUT2D eigenvalue weighted by Crippen LogP contribution is -2.50. The Morgan fingerprint density at radius 3 is 2.60 bits per heavy atom. The van der Waals surface area contributed by atoms with E-state index in [-0.39, 0.29) is 5.91 Å². The fourth-order valence-electron chi connectivity index (χ4n) is 4.19. The monoisotopic (exact) mass is 346 g/mol. The molecule has 1 aliphatic carbocycles. The Morgan fingerprint density at radius 2 is 1.84 bits per heavy atom. The molecule has 0 radical (unpaired) electrons. The maximum Gasteiger partial charge on any atom is 0.227 e. The maximum atomic E-state index is 12.6. The summed E-state index contributed by atoms with van der Waals surface area (Å²) in [5.74, 6) is 2.20. The van der Waals surface area contributed by atoms with Crippen LogP contribution in [0.25, 0.3) is 0 Å². The summed E-state index contributed by atoms with van der Waals surface area (Å²) >= 11 is 0. The molecule has 0 bridgehead atoms. The number of amides is 1. The van der Waals surface area contributed by atoms with Gasteiger partial charge in [-0.15, -0.1) is 0 Å². The summed E-state index contributed by atoms with van der Waals surface area (Å²) in [5, 5.41) is 4.03. The predicted molar refractivity (Wildman–Crippen MR) is 94.2 cm³/mol. The van der Waals surface area contributed by atoms with Crippen molar-refractivity contribution in [2.45, 2.75) is 76.2 Å². The summed E-state index contributed by atoms with van der Waals surface area (Å²) in [7, 11) is 0. The Morgan fingerprint density at radius 1 is 1.04 bits per heavy atom. The highest BCUT2D eigenvalue weighted by Gasteiger charge is 2.30. The van der Waals surface area contributed by atoms with Crippen molar-refractivity contribution in [1.29, 1.82) is 0 Å². The highest BCUT2D eigenvalue weighted by atomic mass is 16.5. The lowest BCUT2D eigenvalue weighted by Gasteiger charge is -2.39. The number of hydrogen-bond acceptors (Lipinski definition) is 5. The number of carbonyl (C=O) groups is 1. The molecule has 3 aliphatic rings. The molecule has 1 aromatic rings. The molecule has 3 fully saturated rings. The first-order valence-corrected chi connectivity index (χ1v) is 10.1. The Balaban J connectivity index is 1.27. The van der Waals surface area contributed by atoms with Gasteiger partial charge >= 0.3 is 0 Å². The van der Waals surface area contributed by atoms with Gasteiger partial charge in [0.15, 0.2) is 5.82 Å². The Kier molecular flexibility index (Phi) is 5.34. The van der Waals surface area contributed by atoms with Gasteiger partial charge in [-0.2, -0.15) is 4.98 Å². The fourth-order valence-corrected chi connectivity index (χ4v) is 4.19. The van der Waals surface area contributed by atoms with Crippen LogP contribution in [-0.2, 0) is 11.2 Å². The van der Waals surface area contributed by atoms with Gasteiger partial charge in [0.05, 0.1) is 0 Å². The largest absolute Gasteiger partial charge is 0.341 e. The third-order valence-corrected chi connectivity index (χ3v) is 5.89. The zero-order valence-electron chi connectivity index (χ0n) is 15.2. The first-order valence-electron chi connectivity index (χ1n) is 10.1. The fraction of sp³-hybridized carbons (Fsp3) is 0.842. The highest BCUT2D eigenvalue weighted by Crippen LogP contribution is 2.38. The molecule has 0 spiro atoms. The summed E-state index contributed by atoms with van der Waals surface area (Å²) in [4.78, 5) is 21.8. The van der Waals surface area contributed by atoms with Crippen LogP contribution in [0.3, 0.4) is 0 Å². The topological polar surface area (TPSA) is 62.5 Å². The lowest BCUT2D eigenvalue weighted by atomic mass is 10.0. The molecular weight excluding hydrogens is 316 g/mol. The van der Waals surface area contributed by atoms with Gasteiger partial charge in [-0.3, -0.25) is 9.69 Å². The minimum atomic E-state index is 0.241. The van der Waals surface area contributed by atoms with Crippen molar-refractivity contribution in [3.05, 3.63) is 11.7 Å². The van der Waals surface area contributed by atoms with Gasteiger partial charge in [0.25, 0.3) is 0 Å². The minimum Gasteiger partial charge on any atom is -0.341 e. The normalized spacial score (nSPS) is 25.8. The van der Waals surface area contributed by atoms with E-state index in [0.29, 0.717) is 30.7 Å². The molecular formula is C19H30N4O2. The molecule has 0 unspecified atom stereocenters. The van der Waals surface area contributed by atoms with Crippen molar-refractivity contribution in [3.63, 3.8) is 0 Å². The van der Waals surface area contributed by atoms with Crippen molar-refractivity contribution in [2.75, 3.05) is 26.2 Å². The van der Waals surface area contributed by atoms with Gasteiger partial charge in [-0.05, 0) is 51.6 Å². The molecule has 1 saturated carbocycles. The van der Waals surface area contributed by atoms with Crippen LogP contribution in [0.1, 0.15) is 75.4 Å². The number of piperidine rings is 1. The molecule has 138 valence electrons. The van der Waals surface area contributed by atoms with Crippen molar-refractivity contribution in [3.8, 4) is 0 Å². The summed E-state index contributed by atoms with van der Waals surface area (Å²) < 4.78 is 5.29. The van der Waals surface area contributed by atoms with E-state index in [1.54, 1.807) is 0 Å². The van der Waals surface area contributed by atoms with E-state index in [4.69, 9.17) is 4.52 Å². The smallest absolute Gasteiger partial charge is 0.227 e. The number of likely N-dealkylation sites (tertiary alicyclic amines) is 2. The zero-order chi connectivity index (χ0) is 17.1. The standard InChI is InChI=1S/C19H30N4O2/c24-18(10-9-17-20-19(21-25-17)15-7-8-15)23-13-5-6-16(14-23)22-11-3-1-2-4-12-22/h15-16H,1-14H2/t16-/m0/s1. The number of hydrogen-bond donors (Lipinski definition) is 0. The van der Waals surface area contributed by atoms with Crippen LogP contribution in [0.15, 0.2) is 4.52 Å². The molecule has 0 N–H and O–H groups in total. The number of carbonyl (C=O) groups excluding carboxylic acids is 1. The van der Waals surface area contributed by atoms with E-state index in [9.17, 15) is 4.79 Å². The lowest BCUT2D eigenvalue weighted by molar-refractivity contribution is -0.133. The molecule has 4 rings (SSSR count). The van der Waals surface area contributed by atoms with Crippen LogP contribution in [0.4, 0.5) is 0 Å². The van der Waals surface area contributed by atoms with Gasteiger partial charge in [0, 0.05) is 37.9 Å². The second-order valence-corrected chi connectivity index (χ2v) is 7.91. The van der Waals surface area contributed by atoms with E-state index in [2.05, 4.69) is 19.9 Å². The number of aryl methyl sites for hydroxylation is 1. The number of aromatic nitrogens is 2. The molecule has 0 aromatic carbocycles. The summed E-state index contributed by atoms with van der Waals surface area (Å²) in [6.07, 6.45) is 11.1. The molecule has 1 aromatic heterocycles. The van der Waals surface area contributed by atoms with E-state index < -0.39 is 0 Å². The third kappa shape index (κ3) is 4.40. The van der Waals surface area contributed by atoms with Crippen molar-refractivity contribution in [1.82, 2.24) is 19.9 Å². The first kappa shape index (κ1) is 17.0. The van der Waals surface area contributed by atoms with Crippen molar-refractivity contribution < 1.29 is 9.32 Å². The third-order valence-electron chi connectivity index (χ3n) is 5.89. The molecule has 1 atom stereocenters. The SMILES string of the molecule is O=C(CCc1nc(C2CC2)no1)N1CCC[C@H](N2CCCCCC2)C1. The van der Waals surface area contributed by atoms with Gasteiger partial charge < -0.3 is 9.42 Å². The van der Waals surface area contributed by atoms with Crippen LogP contribution >= 0.6 is 0 Å². The number of nitrogens with zero attached hydrogens (tertiary/aromatic N) is 4. The van der Waals surface area contributed by atoms with E-state index in [1.807, 2.05) is 0 Å². The van der Waals surface area contributed by atoms with Crippen LogP contribution in [-0.4, -0.2) is 58.1 Å².